The zero-order valence-electron chi connectivity index (χ0n) is 13.6. The molecule has 1 aliphatic heterocycles. The van der Waals surface area contributed by atoms with Crippen LogP contribution in [0.3, 0.4) is 0 Å². The predicted molar refractivity (Wildman–Crippen MR) is 87.7 cm³/mol. The molecule has 2 unspecified atom stereocenters. The lowest BCUT2D eigenvalue weighted by Gasteiger charge is -2.47. The zero-order valence-corrected chi connectivity index (χ0v) is 14.4. The molecule has 0 bridgehead atoms. The van der Waals surface area contributed by atoms with Crippen molar-refractivity contribution >= 4 is 15.9 Å². The Morgan fingerprint density at radius 2 is 2.00 bits per heavy atom. The summed E-state index contributed by atoms with van der Waals surface area (Å²) in [5.74, 6) is -0.619. The number of likely N-dealkylation sites (tertiary alicyclic amines) is 1. The van der Waals surface area contributed by atoms with E-state index in [1.54, 1.807) is 13.0 Å². The van der Waals surface area contributed by atoms with Crippen molar-refractivity contribution in [2.45, 2.75) is 31.8 Å². The van der Waals surface area contributed by atoms with Crippen molar-refractivity contribution < 1.29 is 17.9 Å². The summed E-state index contributed by atoms with van der Waals surface area (Å²) in [6.45, 7) is 4.11. The van der Waals surface area contributed by atoms with Crippen LogP contribution >= 0.6 is 0 Å². The third-order valence-electron chi connectivity index (χ3n) is 5.01. The Labute approximate surface area is 137 Å². The molecule has 1 fully saturated rings. The van der Waals surface area contributed by atoms with Gasteiger partial charge in [0.15, 0.2) is 0 Å². The van der Waals surface area contributed by atoms with Crippen LogP contribution in [0.2, 0.25) is 0 Å². The van der Waals surface area contributed by atoms with E-state index in [-0.39, 0.29) is 4.91 Å². The summed E-state index contributed by atoms with van der Waals surface area (Å²) in [6.07, 6.45) is 6.90. The van der Waals surface area contributed by atoms with Crippen LogP contribution in [0.25, 0.3) is 0 Å². The number of hydrogen-bond donors (Lipinski definition) is 2. The van der Waals surface area contributed by atoms with Crippen LogP contribution in [0, 0.1) is 5.41 Å². The second kappa shape index (κ2) is 6.35. The van der Waals surface area contributed by atoms with Crippen molar-refractivity contribution in [3.05, 3.63) is 23.1 Å². The average molecular weight is 343 g/mol. The molecule has 0 spiro atoms. The van der Waals surface area contributed by atoms with Crippen LogP contribution in [0.4, 0.5) is 0 Å². The second-order valence-corrected chi connectivity index (χ2v) is 7.75. The minimum Gasteiger partial charge on any atom is -0.371 e. The van der Waals surface area contributed by atoms with E-state index in [0.29, 0.717) is 13.0 Å². The monoisotopic (exact) mass is 343 g/mol. The number of methoxy groups -OCH3 is 1. The second-order valence-electron chi connectivity index (χ2n) is 6.19. The highest BCUT2D eigenvalue weighted by atomic mass is 32.2. The van der Waals surface area contributed by atoms with Gasteiger partial charge in [0.1, 0.15) is 11.0 Å². The predicted octanol–water partition coefficient (Wildman–Crippen LogP) is 0.0913. The molecule has 0 aromatic heterocycles. The van der Waals surface area contributed by atoms with E-state index in [4.69, 9.17) is 15.6 Å². The Morgan fingerprint density at radius 1 is 1.39 bits per heavy atom. The van der Waals surface area contributed by atoms with E-state index in [0.717, 1.165) is 25.9 Å². The molecule has 0 radical (unpaired) electrons. The molecule has 1 heterocycles. The van der Waals surface area contributed by atoms with Gasteiger partial charge in [-0.25, -0.2) is 13.6 Å². The third kappa shape index (κ3) is 3.08. The van der Waals surface area contributed by atoms with Crippen molar-refractivity contribution in [1.82, 2.24) is 4.90 Å². The van der Waals surface area contributed by atoms with E-state index in [1.807, 2.05) is 0 Å². The normalized spacial score (nSPS) is 32.0. The summed E-state index contributed by atoms with van der Waals surface area (Å²) in [5, 5.41) is 5.23. The van der Waals surface area contributed by atoms with Gasteiger partial charge in [0.2, 0.25) is 15.9 Å². The zero-order chi connectivity index (χ0) is 17.3. The summed E-state index contributed by atoms with van der Waals surface area (Å²) >= 11 is 0. The molecule has 4 N–H and O–H groups in total. The number of amides is 1. The molecule has 2 atom stereocenters. The van der Waals surface area contributed by atoms with Crippen molar-refractivity contribution in [2.24, 2.45) is 16.3 Å². The molecule has 2 rings (SSSR count). The fourth-order valence-corrected chi connectivity index (χ4v) is 4.22. The van der Waals surface area contributed by atoms with Gasteiger partial charge < -0.3 is 15.4 Å². The number of carbonyl (C=O) groups excluding carboxylic acids is 1. The lowest BCUT2D eigenvalue weighted by atomic mass is 9.66. The smallest absolute Gasteiger partial charge is 0.237 e. The molecule has 2 aliphatic rings. The Balaban J connectivity index is 2.54. The van der Waals surface area contributed by atoms with Crippen LogP contribution < -0.4 is 10.9 Å². The molecule has 23 heavy (non-hydrogen) atoms. The number of sulfonamides is 1. The first-order chi connectivity index (χ1) is 10.7. The van der Waals surface area contributed by atoms with Crippen molar-refractivity contribution in [1.29, 1.82) is 0 Å². The van der Waals surface area contributed by atoms with Crippen LogP contribution in [0.5, 0.6) is 0 Å². The topological polar surface area (TPSA) is 116 Å². The SMILES string of the molecule is CCC1(C(N)=O)C=C(S(N)(=O)=O)C=CC1(CN1CCCC1)OC. The molecule has 8 heteroatoms. The largest absolute Gasteiger partial charge is 0.371 e. The fraction of sp³-hybridized carbons (Fsp3) is 0.667. The van der Waals surface area contributed by atoms with Gasteiger partial charge in [-0.1, -0.05) is 6.92 Å². The van der Waals surface area contributed by atoms with Gasteiger partial charge >= 0.3 is 0 Å². The molecule has 0 aromatic carbocycles. The van der Waals surface area contributed by atoms with Gasteiger partial charge in [-0.2, -0.15) is 0 Å². The molecular formula is C15H25N3O4S. The van der Waals surface area contributed by atoms with Crippen molar-refractivity contribution in [2.75, 3.05) is 26.7 Å². The number of nitrogens with two attached hydrogens (primary N) is 2. The molecule has 0 aromatic rings. The minimum atomic E-state index is -3.93. The van der Waals surface area contributed by atoms with E-state index < -0.39 is 26.9 Å². The first-order valence-corrected chi connectivity index (χ1v) is 9.28. The summed E-state index contributed by atoms with van der Waals surface area (Å²) in [4.78, 5) is 14.4. The van der Waals surface area contributed by atoms with Crippen molar-refractivity contribution in [3.8, 4) is 0 Å². The highest BCUT2D eigenvalue weighted by Gasteiger charge is 2.55. The number of primary amides is 1. The maximum atomic E-state index is 12.3. The average Bonchev–Trinajstić information content (AvgIpc) is 2.98. The Morgan fingerprint density at radius 3 is 2.43 bits per heavy atom. The number of hydrogen-bond acceptors (Lipinski definition) is 5. The van der Waals surface area contributed by atoms with Crippen molar-refractivity contribution in [3.63, 3.8) is 0 Å². The van der Waals surface area contributed by atoms with Crippen LogP contribution in [0.1, 0.15) is 26.2 Å². The number of nitrogens with zero attached hydrogens (tertiary/aromatic N) is 1. The standard InChI is InChI=1S/C15H25N3O4S/c1-3-14(13(16)19)10-12(23(17,20)21)6-7-15(14,22-2)11-18-8-4-5-9-18/h6-7,10H,3-5,8-9,11H2,1-2H3,(H2,16,19)(H2,17,20,21). The van der Waals surface area contributed by atoms with Gasteiger partial charge in [0.25, 0.3) is 0 Å². The van der Waals surface area contributed by atoms with E-state index in [9.17, 15) is 13.2 Å². The molecule has 1 aliphatic carbocycles. The first-order valence-electron chi connectivity index (χ1n) is 7.73. The first kappa shape index (κ1) is 18.1. The molecule has 130 valence electrons. The lowest BCUT2D eigenvalue weighted by Crippen LogP contribution is -2.60. The van der Waals surface area contributed by atoms with Gasteiger partial charge in [-0.3, -0.25) is 4.79 Å². The van der Waals surface area contributed by atoms with Gasteiger partial charge in [0.05, 0.1) is 4.91 Å². The quantitative estimate of drug-likeness (QED) is 0.709. The van der Waals surface area contributed by atoms with Crippen LogP contribution in [-0.4, -0.2) is 51.6 Å². The number of allylic oxidation sites excluding steroid dienone is 1. The summed E-state index contributed by atoms with van der Waals surface area (Å²) < 4.78 is 29.2. The lowest BCUT2D eigenvalue weighted by molar-refractivity contribution is -0.142. The molecule has 1 amide bonds. The number of rotatable bonds is 6. The highest BCUT2D eigenvalue weighted by molar-refractivity contribution is 7.93. The Bertz CT molecular complexity index is 637. The van der Waals surface area contributed by atoms with E-state index in [1.165, 1.54) is 19.3 Å². The minimum absolute atomic E-state index is 0.104. The van der Waals surface area contributed by atoms with Gasteiger partial charge in [0, 0.05) is 13.7 Å². The summed E-state index contributed by atoms with van der Waals surface area (Å²) in [6, 6.07) is 0. The maximum absolute atomic E-state index is 12.3. The Kier molecular flexibility index (Phi) is 5.00. The van der Waals surface area contributed by atoms with Gasteiger partial charge in [-0.05, 0) is 50.6 Å². The molecule has 7 nitrogen and oxygen atoms in total. The summed E-state index contributed by atoms with van der Waals surface area (Å²) in [7, 11) is -2.41. The third-order valence-corrected chi connectivity index (χ3v) is 5.92. The fourth-order valence-electron chi connectivity index (χ4n) is 3.59. The number of carbonyl (C=O) groups is 1. The number of ether oxygens (including phenoxy) is 1. The van der Waals surface area contributed by atoms with Gasteiger partial charge in [-0.15, -0.1) is 0 Å². The maximum Gasteiger partial charge on any atom is 0.237 e. The molecule has 0 saturated carbocycles. The van der Waals surface area contributed by atoms with E-state index in [2.05, 4.69) is 4.90 Å². The van der Waals surface area contributed by atoms with Crippen LogP contribution in [-0.2, 0) is 19.6 Å². The molecule has 1 saturated heterocycles. The Hall–Kier alpha value is -1.22. The van der Waals surface area contributed by atoms with E-state index >= 15 is 0 Å². The highest BCUT2D eigenvalue weighted by Crippen LogP contribution is 2.45. The number of primary sulfonamides is 1. The van der Waals surface area contributed by atoms with Crippen LogP contribution in [0.15, 0.2) is 23.1 Å². The summed E-state index contributed by atoms with van der Waals surface area (Å²) in [5.41, 5.74) is 3.42. The molecular weight excluding hydrogens is 318 g/mol.